The van der Waals surface area contributed by atoms with Crippen molar-refractivity contribution in [2.45, 2.75) is 6.42 Å². The summed E-state index contributed by atoms with van der Waals surface area (Å²) in [5.41, 5.74) is 0.883. The molecule has 0 heterocycles. The number of nitro benzene ring substituents is 1. The molecule has 15 heavy (non-hydrogen) atoms. The second-order valence-electron chi connectivity index (χ2n) is 2.91. The molecule has 1 aromatic carbocycles. The maximum absolute atomic E-state index is 10.5. The van der Waals surface area contributed by atoms with E-state index in [0.717, 1.165) is 5.56 Å². The third-order valence-corrected chi connectivity index (χ3v) is 1.79. The van der Waals surface area contributed by atoms with Crippen LogP contribution in [0.3, 0.4) is 0 Å². The number of non-ortho nitro benzene ring substituents is 1. The van der Waals surface area contributed by atoms with Gasteiger partial charge in [-0.05, 0) is 12.0 Å². The van der Waals surface area contributed by atoms with Crippen LogP contribution in [0.1, 0.15) is 12.0 Å². The van der Waals surface area contributed by atoms with E-state index in [1.54, 1.807) is 18.2 Å². The second-order valence-corrected chi connectivity index (χ2v) is 2.91. The highest BCUT2D eigenvalue weighted by molar-refractivity contribution is 5.53. The van der Waals surface area contributed by atoms with Crippen LogP contribution in [0.5, 0.6) is 0 Å². The third kappa shape index (κ3) is 3.88. The molecule has 0 radical (unpaired) electrons. The van der Waals surface area contributed by atoms with E-state index in [2.05, 4.69) is 4.84 Å². The molecule has 0 aliphatic heterocycles. The van der Waals surface area contributed by atoms with Crippen LogP contribution in [0.4, 0.5) is 5.69 Å². The molecule has 0 aromatic heterocycles. The molecule has 0 atom stereocenters. The van der Waals surface area contributed by atoms with E-state index in [1.165, 1.54) is 12.1 Å². The first-order valence-electron chi connectivity index (χ1n) is 4.46. The van der Waals surface area contributed by atoms with Gasteiger partial charge in [-0.1, -0.05) is 24.3 Å². The van der Waals surface area contributed by atoms with Crippen LogP contribution >= 0.6 is 0 Å². The largest absolute Gasteiger partial charge is 0.304 e. The smallest absolute Gasteiger partial charge is 0.270 e. The maximum Gasteiger partial charge on any atom is 0.270 e. The van der Waals surface area contributed by atoms with Crippen molar-refractivity contribution >= 4 is 11.8 Å². The van der Waals surface area contributed by atoms with Crippen molar-refractivity contribution in [2.24, 2.45) is 5.90 Å². The Balaban J connectivity index is 2.65. The highest BCUT2D eigenvalue weighted by Gasteiger charge is 2.02. The number of nitrogens with zero attached hydrogens (tertiary/aromatic N) is 1. The summed E-state index contributed by atoms with van der Waals surface area (Å²) in [5.74, 6) is 4.85. The van der Waals surface area contributed by atoms with E-state index in [4.69, 9.17) is 5.90 Å². The predicted octanol–water partition coefficient (Wildman–Crippen LogP) is 1.89. The molecule has 0 saturated heterocycles. The van der Waals surface area contributed by atoms with Crippen molar-refractivity contribution in [3.63, 3.8) is 0 Å². The number of nitrogens with two attached hydrogens (primary N) is 1. The Kier molecular flexibility index (Phi) is 4.46. The quantitative estimate of drug-likeness (QED) is 0.455. The number of nitro groups is 1. The van der Waals surface area contributed by atoms with Gasteiger partial charge < -0.3 is 4.84 Å². The topological polar surface area (TPSA) is 78.4 Å². The zero-order valence-electron chi connectivity index (χ0n) is 8.13. The lowest BCUT2D eigenvalue weighted by atomic mass is 10.2. The van der Waals surface area contributed by atoms with Gasteiger partial charge in [0.1, 0.15) is 0 Å². The Hall–Kier alpha value is -1.72. The van der Waals surface area contributed by atoms with Crippen LogP contribution < -0.4 is 5.90 Å². The Bertz CT molecular complexity index is 363. The number of rotatable bonds is 5. The Labute approximate surface area is 87.3 Å². The van der Waals surface area contributed by atoms with Gasteiger partial charge in [0, 0.05) is 12.1 Å². The summed E-state index contributed by atoms with van der Waals surface area (Å²) >= 11 is 0. The van der Waals surface area contributed by atoms with Crippen molar-refractivity contribution in [1.29, 1.82) is 0 Å². The fourth-order valence-corrected chi connectivity index (χ4v) is 1.10. The molecule has 1 aromatic rings. The summed E-state index contributed by atoms with van der Waals surface area (Å²) < 4.78 is 0. The van der Waals surface area contributed by atoms with Gasteiger partial charge in [0.2, 0.25) is 0 Å². The Morgan fingerprint density at radius 2 is 2.33 bits per heavy atom. The van der Waals surface area contributed by atoms with Gasteiger partial charge in [0.15, 0.2) is 0 Å². The average Bonchev–Trinajstić information content (AvgIpc) is 2.25. The molecule has 0 bridgehead atoms. The summed E-state index contributed by atoms with van der Waals surface area (Å²) in [6.45, 7) is 0.436. The highest BCUT2D eigenvalue weighted by atomic mass is 16.6. The summed E-state index contributed by atoms with van der Waals surface area (Å²) in [6, 6.07) is 6.42. The lowest BCUT2D eigenvalue weighted by molar-refractivity contribution is -0.384. The molecule has 0 aliphatic rings. The number of hydrogen-bond acceptors (Lipinski definition) is 4. The normalized spacial score (nSPS) is 10.7. The van der Waals surface area contributed by atoms with E-state index in [-0.39, 0.29) is 5.69 Å². The van der Waals surface area contributed by atoms with Crippen molar-refractivity contribution < 1.29 is 9.76 Å². The molecule has 1 rings (SSSR count). The van der Waals surface area contributed by atoms with Gasteiger partial charge in [-0.3, -0.25) is 10.1 Å². The molecular formula is C10H12N2O3. The predicted molar refractivity (Wildman–Crippen MR) is 56.9 cm³/mol. The van der Waals surface area contributed by atoms with E-state index in [1.807, 2.05) is 6.08 Å². The molecule has 0 fully saturated rings. The lowest BCUT2D eigenvalue weighted by Gasteiger charge is -1.94. The standard InChI is InChI=1S/C10H12N2O3/c11-15-7-2-1-4-9-5-3-6-10(8-9)12(13)14/h1,3-6,8H,2,7,11H2. The van der Waals surface area contributed by atoms with Crippen LogP contribution in [0.2, 0.25) is 0 Å². The molecule has 5 nitrogen and oxygen atoms in total. The van der Waals surface area contributed by atoms with Crippen molar-refractivity contribution in [1.82, 2.24) is 0 Å². The van der Waals surface area contributed by atoms with E-state index < -0.39 is 4.92 Å². The number of hydrogen-bond donors (Lipinski definition) is 1. The minimum Gasteiger partial charge on any atom is -0.304 e. The Morgan fingerprint density at radius 1 is 1.53 bits per heavy atom. The summed E-state index contributed by atoms with van der Waals surface area (Å²) in [5, 5.41) is 10.5. The summed E-state index contributed by atoms with van der Waals surface area (Å²) in [7, 11) is 0. The molecule has 0 amide bonds. The van der Waals surface area contributed by atoms with Crippen molar-refractivity contribution in [2.75, 3.05) is 6.61 Å². The van der Waals surface area contributed by atoms with Gasteiger partial charge in [0.25, 0.3) is 5.69 Å². The fourth-order valence-electron chi connectivity index (χ4n) is 1.10. The van der Waals surface area contributed by atoms with Crippen LogP contribution in [0.15, 0.2) is 30.3 Å². The molecule has 5 heteroatoms. The molecule has 0 saturated carbocycles. The monoisotopic (exact) mass is 208 g/mol. The van der Waals surface area contributed by atoms with Crippen molar-refractivity contribution in [3.05, 3.63) is 46.0 Å². The zero-order valence-corrected chi connectivity index (χ0v) is 8.13. The van der Waals surface area contributed by atoms with Crippen LogP contribution in [-0.2, 0) is 4.84 Å². The molecule has 80 valence electrons. The fraction of sp³-hybridized carbons (Fsp3) is 0.200. The minimum atomic E-state index is -0.416. The average molecular weight is 208 g/mol. The summed E-state index contributed by atoms with van der Waals surface area (Å²) in [4.78, 5) is 14.4. The van der Waals surface area contributed by atoms with Gasteiger partial charge in [-0.25, -0.2) is 5.90 Å². The SMILES string of the molecule is NOCCC=Cc1cccc([N+](=O)[O-])c1. The molecular weight excluding hydrogens is 196 g/mol. The van der Waals surface area contributed by atoms with Crippen LogP contribution in [-0.4, -0.2) is 11.5 Å². The molecule has 0 unspecified atom stereocenters. The highest BCUT2D eigenvalue weighted by Crippen LogP contribution is 2.14. The molecule has 0 spiro atoms. The van der Waals surface area contributed by atoms with E-state index in [9.17, 15) is 10.1 Å². The van der Waals surface area contributed by atoms with E-state index >= 15 is 0 Å². The molecule has 0 aliphatic carbocycles. The first-order valence-corrected chi connectivity index (χ1v) is 4.46. The van der Waals surface area contributed by atoms with Crippen LogP contribution in [0, 0.1) is 10.1 Å². The maximum atomic E-state index is 10.5. The van der Waals surface area contributed by atoms with Crippen molar-refractivity contribution in [3.8, 4) is 0 Å². The summed E-state index contributed by atoms with van der Waals surface area (Å²) in [6.07, 6.45) is 4.33. The number of benzene rings is 1. The van der Waals surface area contributed by atoms with E-state index in [0.29, 0.717) is 13.0 Å². The Morgan fingerprint density at radius 3 is 3.00 bits per heavy atom. The van der Waals surface area contributed by atoms with Gasteiger partial charge >= 0.3 is 0 Å². The zero-order chi connectivity index (χ0) is 11.1. The van der Waals surface area contributed by atoms with Gasteiger partial charge in [-0.2, -0.15) is 0 Å². The lowest BCUT2D eigenvalue weighted by Crippen LogP contribution is -1.98. The van der Waals surface area contributed by atoms with Gasteiger partial charge in [0.05, 0.1) is 11.5 Å². The van der Waals surface area contributed by atoms with Crippen LogP contribution in [0.25, 0.3) is 6.08 Å². The third-order valence-electron chi connectivity index (χ3n) is 1.79. The minimum absolute atomic E-state index is 0.0900. The molecule has 2 N–H and O–H groups in total. The first-order chi connectivity index (χ1) is 7.24. The second kappa shape index (κ2) is 5.90. The first kappa shape index (κ1) is 11.4. The van der Waals surface area contributed by atoms with Gasteiger partial charge in [-0.15, -0.1) is 0 Å².